The van der Waals surface area contributed by atoms with Crippen molar-refractivity contribution in [2.45, 2.75) is 51.2 Å². The van der Waals surface area contributed by atoms with Crippen molar-refractivity contribution in [2.75, 3.05) is 13.1 Å². The monoisotopic (exact) mass is 294 g/mol. The number of halogens is 2. The molecule has 1 heterocycles. The molecule has 1 aliphatic heterocycles. The average Bonchev–Trinajstić information content (AvgIpc) is 3.29. The van der Waals surface area contributed by atoms with E-state index >= 15 is 0 Å². The van der Waals surface area contributed by atoms with Crippen LogP contribution in [-0.4, -0.2) is 29.6 Å². The molecule has 21 heavy (non-hydrogen) atoms. The van der Waals surface area contributed by atoms with Crippen molar-refractivity contribution < 1.29 is 8.78 Å². The zero-order valence-corrected chi connectivity index (χ0v) is 12.8. The molecule has 2 aliphatic rings. The summed E-state index contributed by atoms with van der Waals surface area (Å²) in [5.74, 6) is -0.121. The largest absolute Gasteiger partial charge is 0.311 e. The van der Waals surface area contributed by atoms with Crippen molar-refractivity contribution in [3.05, 3.63) is 35.4 Å². The third-order valence-electron chi connectivity index (χ3n) is 5.29. The van der Waals surface area contributed by atoms with Gasteiger partial charge in [-0.1, -0.05) is 13.0 Å². The number of hydrogen-bond acceptors (Lipinski definition) is 2. The maximum atomic E-state index is 13.9. The van der Waals surface area contributed by atoms with Gasteiger partial charge < -0.3 is 5.32 Å². The van der Waals surface area contributed by atoms with Crippen LogP contribution in [0.2, 0.25) is 0 Å². The second-order valence-corrected chi connectivity index (χ2v) is 6.76. The van der Waals surface area contributed by atoms with Crippen LogP contribution in [0, 0.1) is 17.6 Å². The topological polar surface area (TPSA) is 15.3 Å². The van der Waals surface area contributed by atoms with Crippen LogP contribution in [-0.2, 0) is 6.54 Å². The minimum absolute atomic E-state index is 0.0416. The molecule has 1 aromatic rings. The first kappa shape index (κ1) is 14.9. The predicted molar refractivity (Wildman–Crippen MR) is 80.0 cm³/mol. The first-order chi connectivity index (χ1) is 10.0. The summed E-state index contributed by atoms with van der Waals surface area (Å²) in [6.45, 7) is 6.45. The number of nitrogens with zero attached hydrogens (tertiary/aromatic N) is 1. The van der Waals surface area contributed by atoms with E-state index in [4.69, 9.17) is 0 Å². The van der Waals surface area contributed by atoms with Gasteiger partial charge in [0.2, 0.25) is 0 Å². The van der Waals surface area contributed by atoms with Crippen LogP contribution in [0.3, 0.4) is 0 Å². The molecule has 0 spiro atoms. The van der Waals surface area contributed by atoms with Crippen molar-refractivity contribution in [1.82, 2.24) is 10.2 Å². The Bertz CT molecular complexity index is 495. The summed E-state index contributed by atoms with van der Waals surface area (Å²) in [7, 11) is 0. The highest BCUT2D eigenvalue weighted by molar-refractivity contribution is 5.20. The molecule has 0 aromatic heterocycles. The molecule has 2 unspecified atom stereocenters. The highest BCUT2D eigenvalue weighted by atomic mass is 19.1. The van der Waals surface area contributed by atoms with Gasteiger partial charge in [-0.15, -0.1) is 0 Å². The van der Waals surface area contributed by atoms with Crippen LogP contribution >= 0.6 is 0 Å². The van der Waals surface area contributed by atoms with Gasteiger partial charge in [0, 0.05) is 36.8 Å². The van der Waals surface area contributed by atoms with E-state index in [0.29, 0.717) is 12.6 Å². The molecule has 0 radical (unpaired) electrons. The van der Waals surface area contributed by atoms with E-state index in [1.54, 1.807) is 0 Å². The fourth-order valence-electron chi connectivity index (χ4n) is 3.28. The molecule has 0 amide bonds. The Balaban J connectivity index is 1.82. The Morgan fingerprint density at radius 3 is 2.52 bits per heavy atom. The van der Waals surface area contributed by atoms with Gasteiger partial charge in [0.25, 0.3) is 0 Å². The number of hydrogen-bond donors (Lipinski definition) is 1. The van der Waals surface area contributed by atoms with Crippen molar-refractivity contribution in [3.8, 4) is 0 Å². The predicted octanol–water partition coefficient (Wildman–Crippen LogP) is 3.32. The van der Waals surface area contributed by atoms with Gasteiger partial charge in [0.15, 0.2) is 0 Å². The average molecular weight is 294 g/mol. The Morgan fingerprint density at radius 1 is 1.29 bits per heavy atom. The number of piperazine rings is 1. The lowest BCUT2D eigenvalue weighted by molar-refractivity contribution is 0.0351. The van der Waals surface area contributed by atoms with E-state index < -0.39 is 11.6 Å². The summed E-state index contributed by atoms with van der Waals surface area (Å²) in [6.07, 6.45) is 3.53. The molecule has 1 saturated carbocycles. The van der Waals surface area contributed by atoms with Crippen LogP contribution in [0.5, 0.6) is 0 Å². The van der Waals surface area contributed by atoms with E-state index in [-0.39, 0.29) is 11.1 Å². The lowest BCUT2D eigenvalue weighted by atomic mass is 9.90. The highest BCUT2D eigenvalue weighted by Crippen LogP contribution is 2.37. The highest BCUT2D eigenvalue weighted by Gasteiger charge is 2.42. The van der Waals surface area contributed by atoms with Gasteiger partial charge >= 0.3 is 0 Å². The lowest BCUT2D eigenvalue weighted by Gasteiger charge is -2.48. The van der Waals surface area contributed by atoms with Crippen molar-refractivity contribution in [2.24, 2.45) is 5.92 Å². The van der Waals surface area contributed by atoms with Crippen LogP contribution in [0.4, 0.5) is 8.78 Å². The van der Waals surface area contributed by atoms with E-state index in [0.717, 1.165) is 25.4 Å². The molecule has 1 saturated heterocycles. The molecule has 4 heteroatoms. The summed E-state index contributed by atoms with van der Waals surface area (Å²) in [5.41, 5.74) is 0.161. The second-order valence-electron chi connectivity index (χ2n) is 6.76. The standard InChI is InChI=1S/C17H24F2N2/c1-3-17(2)11-20-16(12-7-8-12)10-21(17)9-13-14(18)5-4-6-15(13)19/h4-6,12,16,20H,3,7-11H2,1-2H3. The van der Waals surface area contributed by atoms with Crippen molar-refractivity contribution in [1.29, 1.82) is 0 Å². The smallest absolute Gasteiger partial charge is 0.130 e. The molecule has 1 aliphatic carbocycles. The maximum absolute atomic E-state index is 13.9. The van der Waals surface area contributed by atoms with Crippen LogP contribution in [0.1, 0.15) is 38.7 Å². The van der Waals surface area contributed by atoms with E-state index in [9.17, 15) is 8.78 Å². The van der Waals surface area contributed by atoms with Gasteiger partial charge in [0.05, 0.1) is 0 Å². The molecule has 1 N–H and O–H groups in total. The quantitative estimate of drug-likeness (QED) is 0.916. The van der Waals surface area contributed by atoms with Gasteiger partial charge in [-0.3, -0.25) is 4.90 Å². The van der Waals surface area contributed by atoms with E-state index in [2.05, 4.69) is 24.1 Å². The SMILES string of the molecule is CCC1(C)CNC(C2CC2)CN1Cc1c(F)cccc1F. The molecule has 2 nitrogen and oxygen atoms in total. The maximum Gasteiger partial charge on any atom is 0.130 e. The van der Waals surface area contributed by atoms with E-state index in [1.165, 1.54) is 31.0 Å². The van der Waals surface area contributed by atoms with Gasteiger partial charge in [-0.25, -0.2) is 8.78 Å². The zero-order chi connectivity index (χ0) is 15.0. The fraction of sp³-hybridized carbons (Fsp3) is 0.647. The molecule has 2 atom stereocenters. The van der Waals surface area contributed by atoms with Gasteiger partial charge in [0.1, 0.15) is 11.6 Å². The summed E-state index contributed by atoms with van der Waals surface area (Å²) in [4.78, 5) is 2.27. The normalized spacial score (nSPS) is 30.6. The third kappa shape index (κ3) is 2.97. The van der Waals surface area contributed by atoms with Crippen LogP contribution in [0.15, 0.2) is 18.2 Å². The minimum atomic E-state index is -0.435. The number of rotatable bonds is 4. The van der Waals surface area contributed by atoms with Crippen molar-refractivity contribution in [3.63, 3.8) is 0 Å². The summed E-state index contributed by atoms with van der Waals surface area (Å²) in [5, 5.41) is 3.64. The number of nitrogens with one attached hydrogen (secondary N) is 1. The summed E-state index contributed by atoms with van der Waals surface area (Å²) in [6, 6.07) is 4.60. The molecular formula is C17H24F2N2. The van der Waals surface area contributed by atoms with Crippen molar-refractivity contribution >= 4 is 0 Å². The van der Waals surface area contributed by atoms with E-state index in [1.807, 2.05) is 0 Å². The second kappa shape index (κ2) is 5.65. The first-order valence-corrected chi connectivity index (χ1v) is 7.95. The molecular weight excluding hydrogens is 270 g/mol. The van der Waals surface area contributed by atoms with Gasteiger partial charge in [-0.2, -0.15) is 0 Å². The Hall–Kier alpha value is -1.00. The summed E-state index contributed by atoms with van der Waals surface area (Å²) < 4.78 is 27.9. The Labute approximate surface area is 125 Å². The Kier molecular flexibility index (Phi) is 4.02. The lowest BCUT2D eigenvalue weighted by Crippen LogP contribution is -2.63. The molecule has 1 aromatic carbocycles. The third-order valence-corrected chi connectivity index (χ3v) is 5.29. The first-order valence-electron chi connectivity index (χ1n) is 7.95. The molecule has 3 rings (SSSR count). The molecule has 2 fully saturated rings. The Morgan fingerprint density at radius 2 is 1.95 bits per heavy atom. The molecule has 116 valence electrons. The summed E-state index contributed by atoms with van der Waals surface area (Å²) >= 11 is 0. The van der Waals surface area contributed by atoms with Gasteiger partial charge in [-0.05, 0) is 44.2 Å². The molecule has 0 bridgehead atoms. The van der Waals surface area contributed by atoms with Crippen LogP contribution < -0.4 is 5.32 Å². The van der Waals surface area contributed by atoms with Crippen LogP contribution in [0.25, 0.3) is 0 Å². The minimum Gasteiger partial charge on any atom is -0.311 e. The number of benzene rings is 1. The zero-order valence-electron chi connectivity index (χ0n) is 12.8. The fourth-order valence-corrected chi connectivity index (χ4v) is 3.28.